The van der Waals surface area contributed by atoms with Gasteiger partial charge in [-0.15, -0.1) is 0 Å². The summed E-state index contributed by atoms with van der Waals surface area (Å²) in [7, 11) is 1.56. The first-order chi connectivity index (χ1) is 12.0. The van der Waals surface area contributed by atoms with Crippen LogP contribution in [-0.2, 0) is 14.3 Å². The number of anilines is 1. The van der Waals surface area contributed by atoms with Crippen molar-refractivity contribution < 1.29 is 23.8 Å². The molecule has 25 heavy (non-hydrogen) atoms. The quantitative estimate of drug-likeness (QED) is 0.783. The average molecular weight is 343 g/mol. The van der Waals surface area contributed by atoms with E-state index in [4.69, 9.17) is 14.2 Å². The van der Waals surface area contributed by atoms with Crippen LogP contribution in [0.2, 0.25) is 0 Å². The fourth-order valence-corrected chi connectivity index (χ4v) is 2.06. The molecule has 6 heteroatoms. The third-order valence-corrected chi connectivity index (χ3v) is 3.47. The molecule has 1 N–H and O–H groups in total. The van der Waals surface area contributed by atoms with Crippen LogP contribution in [-0.4, -0.2) is 31.7 Å². The van der Waals surface area contributed by atoms with Crippen molar-refractivity contribution in [2.24, 2.45) is 0 Å². The molecule has 0 bridgehead atoms. The molecule has 1 atom stereocenters. The Morgan fingerprint density at radius 3 is 2.40 bits per heavy atom. The highest BCUT2D eigenvalue weighted by Crippen LogP contribution is 2.17. The van der Waals surface area contributed by atoms with Crippen molar-refractivity contribution in [1.82, 2.24) is 0 Å². The second-order valence-corrected chi connectivity index (χ2v) is 5.40. The van der Waals surface area contributed by atoms with Gasteiger partial charge in [-0.2, -0.15) is 0 Å². The number of ether oxygens (including phenoxy) is 3. The Morgan fingerprint density at radius 2 is 1.76 bits per heavy atom. The molecule has 0 spiro atoms. The molecule has 1 amide bonds. The number of methoxy groups -OCH3 is 1. The summed E-state index contributed by atoms with van der Waals surface area (Å²) in [6, 6.07) is 14.2. The Bertz CT molecular complexity index is 727. The lowest BCUT2D eigenvalue weighted by Crippen LogP contribution is -2.31. The molecular formula is C19H21NO5. The SMILES string of the molecule is COc1ccc(NC(=O)C(C)OC(=O)COc2ccccc2C)cc1. The minimum absolute atomic E-state index is 0.259. The second-order valence-electron chi connectivity index (χ2n) is 5.40. The number of esters is 1. The number of hydrogen-bond acceptors (Lipinski definition) is 5. The number of aryl methyl sites for hydroxylation is 1. The Hall–Kier alpha value is -3.02. The lowest BCUT2D eigenvalue weighted by Gasteiger charge is -2.14. The molecule has 2 aromatic carbocycles. The van der Waals surface area contributed by atoms with Crippen LogP contribution in [0.5, 0.6) is 11.5 Å². The zero-order valence-corrected chi connectivity index (χ0v) is 14.4. The molecule has 0 saturated heterocycles. The number of rotatable bonds is 7. The van der Waals surface area contributed by atoms with Gasteiger partial charge in [0.05, 0.1) is 7.11 Å². The molecule has 0 radical (unpaired) electrons. The van der Waals surface area contributed by atoms with Crippen molar-refractivity contribution in [3.63, 3.8) is 0 Å². The van der Waals surface area contributed by atoms with Gasteiger partial charge in [0.15, 0.2) is 12.7 Å². The summed E-state index contributed by atoms with van der Waals surface area (Å²) >= 11 is 0. The molecule has 2 aromatic rings. The first-order valence-corrected chi connectivity index (χ1v) is 7.82. The Labute approximate surface area is 146 Å². The molecule has 0 heterocycles. The topological polar surface area (TPSA) is 73.9 Å². The Morgan fingerprint density at radius 1 is 1.08 bits per heavy atom. The van der Waals surface area contributed by atoms with Crippen LogP contribution in [0, 0.1) is 6.92 Å². The first-order valence-electron chi connectivity index (χ1n) is 7.82. The molecule has 1 unspecified atom stereocenters. The van der Waals surface area contributed by atoms with E-state index in [1.54, 1.807) is 37.4 Å². The molecule has 0 fully saturated rings. The number of nitrogens with one attached hydrogen (secondary N) is 1. The average Bonchev–Trinajstić information content (AvgIpc) is 2.61. The van der Waals surface area contributed by atoms with Gasteiger partial charge in [0.25, 0.3) is 5.91 Å². The zero-order valence-electron chi connectivity index (χ0n) is 14.4. The summed E-state index contributed by atoms with van der Waals surface area (Å²) in [5, 5.41) is 2.67. The molecule has 0 aliphatic carbocycles. The fraction of sp³-hybridized carbons (Fsp3) is 0.263. The van der Waals surface area contributed by atoms with Crippen molar-refractivity contribution in [2.45, 2.75) is 20.0 Å². The maximum Gasteiger partial charge on any atom is 0.344 e. The van der Waals surface area contributed by atoms with Gasteiger partial charge in [-0.05, 0) is 49.7 Å². The molecule has 0 saturated carbocycles. The summed E-state index contributed by atoms with van der Waals surface area (Å²) in [5.74, 6) is 0.260. The normalized spacial score (nSPS) is 11.3. The van der Waals surface area contributed by atoms with Gasteiger partial charge < -0.3 is 19.5 Å². The second kappa shape index (κ2) is 8.73. The summed E-state index contributed by atoms with van der Waals surface area (Å²) in [5.41, 5.74) is 1.51. The van der Waals surface area contributed by atoms with Gasteiger partial charge >= 0.3 is 5.97 Å². The molecule has 2 rings (SSSR count). The molecular weight excluding hydrogens is 322 g/mol. The Kier molecular flexibility index (Phi) is 6.39. The number of amides is 1. The molecule has 132 valence electrons. The highest BCUT2D eigenvalue weighted by molar-refractivity contribution is 5.95. The van der Waals surface area contributed by atoms with Crippen molar-refractivity contribution in [2.75, 3.05) is 19.0 Å². The summed E-state index contributed by atoms with van der Waals surface area (Å²) in [4.78, 5) is 23.9. The predicted octanol–water partition coefficient (Wildman–Crippen LogP) is 2.95. The third kappa shape index (κ3) is 5.53. The van der Waals surface area contributed by atoms with E-state index in [1.807, 2.05) is 25.1 Å². The fourth-order valence-electron chi connectivity index (χ4n) is 2.06. The van der Waals surface area contributed by atoms with E-state index in [0.717, 1.165) is 5.56 Å². The monoisotopic (exact) mass is 343 g/mol. The standard InChI is InChI=1S/C19H21NO5/c1-13-6-4-5-7-17(13)24-12-18(21)25-14(2)19(22)20-15-8-10-16(23-3)11-9-15/h4-11,14H,12H2,1-3H3,(H,20,22). The lowest BCUT2D eigenvalue weighted by molar-refractivity contribution is -0.155. The van der Waals surface area contributed by atoms with Crippen LogP contribution in [0.25, 0.3) is 0 Å². The first kappa shape index (κ1) is 18.3. The van der Waals surface area contributed by atoms with Gasteiger partial charge in [0, 0.05) is 5.69 Å². The van der Waals surface area contributed by atoms with Crippen LogP contribution in [0.15, 0.2) is 48.5 Å². The molecule has 0 aliphatic heterocycles. The third-order valence-electron chi connectivity index (χ3n) is 3.47. The minimum atomic E-state index is -0.935. The van der Waals surface area contributed by atoms with Crippen LogP contribution >= 0.6 is 0 Å². The predicted molar refractivity (Wildman–Crippen MR) is 93.9 cm³/mol. The number of benzene rings is 2. The number of hydrogen-bond donors (Lipinski definition) is 1. The van der Waals surface area contributed by atoms with Crippen LogP contribution in [0.4, 0.5) is 5.69 Å². The molecule has 6 nitrogen and oxygen atoms in total. The maximum atomic E-state index is 12.1. The number of carbonyl (C=O) groups is 2. The van der Waals surface area contributed by atoms with E-state index < -0.39 is 18.0 Å². The lowest BCUT2D eigenvalue weighted by atomic mass is 10.2. The maximum absolute atomic E-state index is 12.1. The van der Waals surface area contributed by atoms with Crippen molar-refractivity contribution >= 4 is 17.6 Å². The molecule has 0 aliphatic rings. The van der Waals surface area contributed by atoms with E-state index in [0.29, 0.717) is 17.2 Å². The largest absolute Gasteiger partial charge is 0.497 e. The van der Waals surface area contributed by atoms with Crippen molar-refractivity contribution in [1.29, 1.82) is 0 Å². The Balaban J connectivity index is 1.81. The summed E-state index contributed by atoms with van der Waals surface area (Å²) in [6.45, 7) is 3.13. The minimum Gasteiger partial charge on any atom is -0.497 e. The summed E-state index contributed by atoms with van der Waals surface area (Å²) < 4.78 is 15.5. The van der Waals surface area contributed by atoms with E-state index >= 15 is 0 Å². The highest BCUT2D eigenvalue weighted by Gasteiger charge is 2.18. The smallest absolute Gasteiger partial charge is 0.344 e. The van der Waals surface area contributed by atoms with Crippen LogP contribution < -0.4 is 14.8 Å². The van der Waals surface area contributed by atoms with E-state index in [2.05, 4.69) is 5.32 Å². The number of carbonyl (C=O) groups excluding carboxylic acids is 2. The van der Waals surface area contributed by atoms with Gasteiger partial charge in [-0.1, -0.05) is 18.2 Å². The highest BCUT2D eigenvalue weighted by atomic mass is 16.6. The zero-order chi connectivity index (χ0) is 18.2. The van der Waals surface area contributed by atoms with E-state index in [1.165, 1.54) is 6.92 Å². The van der Waals surface area contributed by atoms with Gasteiger partial charge in [0.1, 0.15) is 11.5 Å². The van der Waals surface area contributed by atoms with E-state index in [9.17, 15) is 9.59 Å². The van der Waals surface area contributed by atoms with Gasteiger partial charge in [-0.3, -0.25) is 4.79 Å². The van der Waals surface area contributed by atoms with E-state index in [-0.39, 0.29) is 6.61 Å². The van der Waals surface area contributed by atoms with Crippen molar-refractivity contribution in [3.8, 4) is 11.5 Å². The van der Waals surface area contributed by atoms with Crippen LogP contribution in [0.1, 0.15) is 12.5 Å². The van der Waals surface area contributed by atoms with Gasteiger partial charge in [0.2, 0.25) is 0 Å². The van der Waals surface area contributed by atoms with Crippen molar-refractivity contribution in [3.05, 3.63) is 54.1 Å². The van der Waals surface area contributed by atoms with Crippen LogP contribution in [0.3, 0.4) is 0 Å². The molecule has 0 aromatic heterocycles. The van der Waals surface area contributed by atoms with Gasteiger partial charge in [-0.25, -0.2) is 4.79 Å². The summed E-state index contributed by atoms with van der Waals surface area (Å²) in [6.07, 6.45) is -0.935. The number of para-hydroxylation sites is 1.